The van der Waals surface area contributed by atoms with E-state index in [1.807, 2.05) is 4.90 Å². The van der Waals surface area contributed by atoms with E-state index in [1.54, 1.807) is 0 Å². The summed E-state index contributed by atoms with van der Waals surface area (Å²) in [5.41, 5.74) is -4.14. The number of halogens is 7. The number of piperidine rings is 1. The zero-order valence-electron chi connectivity index (χ0n) is 19.1. The zero-order valence-corrected chi connectivity index (χ0v) is 19.1. The summed E-state index contributed by atoms with van der Waals surface area (Å²) < 4.78 is 91.1. The molecule has 1 heterocycles. The summed E-state index contributed by atoms with van der Waals surface area (Å²) in [5, 5.41) is 2.53. The molecule has 1 aliphatic heterocycles. The van der Waals surface area contributed by atoms with Crippen LogP contribution in [0.1, 0.15) is 42.6 Å². The standard InChI is InChI=1S/C22H28F7N3O2/c1-20(2,22(27,28)29)19(34)31(3)8-9-32-6-4-14(5-7-32)13-30-18(33)15-10-16(21(24,25)26)12-17(23)11-15/h10-12,14H,4-9,13H2,1-3H3,(H,30,33). The molecule has 0 unspecified atom stereocenters. The van der Waals surface area contributed by atoms with Crippen LogP contribution < -0.4 is 5.32 Å². The Balaban J connectivity index is 1.79. The van der Waals surface area contributed by atoms with Gasteiger partial charge in [0, 0.05) is 32.2 Å². The molecule has 1 fully saturated rings. The van der Waals surface area contributed by atoms with Crippen LogP contribution in [0.3, 0.4) is 0 Å². The Morgan fingerprint density at radius 3 is 2.18 bits per heavy atom. The highest BCUT2D eigenvalue weighted by Gasteiger charge is 2.53. The van der Waals surface area contributed by atoms with Gasteiger partial charge in [0.25, 0.3) is 5.91 Å². The van der Waals surface area contributed by atoms with Crippen molar-refractivity contribution in [3.05, 3.63) is 35.1 Å². The quantitative estimate of drug-likeness (QED) is 0.569. The van der Waals surface area contributed by atoms with Gasteiger partial charge in [-0.2, -0.15) is 26.3 Å². The second-order valence-electron chi connectivity index (χ2n) is 9.07. The minimum atomic E-state index is -4.77. The molecule has 0 aromatic heterocycles. The van der Waals surface area contributed by atoms with Gasteiger partial charge in [-0.05, 0) is 63.9 Å². The molecule has 0 saturated carbocycles. The molecule has 34 heavy (non-hydrogen) atoms. The molecular weight excluding hydrogens is 471 g/mol. The highest BCUT2D eigenvalue weighted by Crippen LogP contribution is 2.38. The van der Waals surface area contributed by atoms with Crippen molar-refractivity contribution in [2.24, 2.45) is 11.3 Å². The molecule has 5 nitrogen and oxygen atoms in total. The number of likely N-dealkylation sites (tertiary alicyclic amines) is 1. The Morgan fingerprint density at radius 1 is 1.06 bits per heavy atom. The highest BCUT2D eigenvalue weighted by atomic mass is 19.4. The van der Waals surface area contributed by atoms with Crippen LogP contribution in [0.15, 0.2) is 18.2 Å². The Morgan fingerprint density at radius 2 is 1.65 bits per heavy atom. The fraction of sp³-hybridized carbons (Fsp3) is 0.636. The first-order chi connectivity index (χ1) is 15.5. The van der Waals surface area contributed by atoms with E-state index in [0.717, 1.165) is 24.8 Å². The number of likely N-dealkylation sites (N-methyl/N-ethyl adjacent to an activating group) is 1. The number of carbonyl (C=O) groups is 2. The summed E-state index contributed by atoms with van der Waals surface area (Å²) in [6.45, 7) is 3.58. The molecule has 0 bridgehead atoms. The van der Waals surface area contributed by atoms with Crippen molar-refractivity contribution in [1.82, 2.24) is 15.1 Å². The van der Waals surface area contributed by atoms with Crippen LogP contribution in [0.2, 0.25) is 0 Å². The van der Waals surface area contributed by atoms with Crippen LogP contribution in [0.4, 0.5) is 30.7 Å². The van der Waals surface area contributed by atoms with Crippen molar-refractivity contribution in [3.63, 3.8) is 0 Å². The maximum atomic E-state index is 13.5. The monoisotopic (exact) mass is 499 g/mol. The van der Waals surface area contributed by atoms with Crippen LogP contribution in [0.25, 0.3) is 0 Å². The largest absolute Gasteiger partial charge is 0.416 e. The molecule has 1 saturated heterocycles. The molecule has 1 aromatic rings. The molecule has 0 atom stereocenters. The van der Waals surface area contributed by atoms with Gasteiger partial charge < -0.3 is 15.1 Å². The first kappa shape index (κ1) is 27.9. The maximum absolute atomic E-state index is 13.5. The predicted molar refractivity (Wildman–Crippen MR) is 110 cm³/mol. The number of nitrogens with one attached hydrogen (secondary N) is 1. The lowest BCUT2D eigenvalue weighted by Gasteiger charge is -2.35. The van der Waals surface area contributed by atoms with Gasteiger partial charge in [-0.15, -0.1) is 0 Å². The summed E-state index contributed by atoms with van der Waals surface area (Å²) in [4.78, 5) is 27.4. The van der Waals surface area contributed by atoms with Crippen molar-refractivity contribution in [2.45, 2.75) is 39.0 Å². The highest BCUT2D eigenvalue weighted by molar-refractivity contribution is 5.94. The second-order valence-corrected chi connectivity index (χ2v) is 9.07. The molecule has 0 aliphatic carbocycles. The molecule has 2 amide bonds. The Kier molecular flexibility index (Phi) is 8.60. The van der Waals surface area contributed by atoms with Gasteiger partial charge in [-0.3, -0.25) is 9.59 Å². The maximum Gasteiger partial charge on any atom is 0.416 e. The number of benzene rings is 1. The van der Waals surface area contributed by atoms with E-state index < -0.39 is 46.5 Å². The third-order valence-corrected chi connectivity index (χ3v) is 6.09. The van der Waals surface area contributed by atoms with Crippen molar-refractivity contribution < 1.29 is 40.3 Å². The minimum Gasteiger partial charge on any atom is -0.352 e. The van der Waals surface area contributed by atoms with E-state index in [0.29, 0.717) is 44.6 Å². The molecular formula is C22H28F7N3O2. The molecule has 0 radical (unpaired) electrons. The average molecular weight is 499 g/mol. The van der Waals surface area contributed by atoms with Crippen LogP contribution in [-0.2, 0) is 11.0 Å². The SMILES string of the molecule is CN(CCN1CCC(CNC(=O)c2cc(F)cc(C(F)(F)F)c2)CC1)C(=O)C(C)(C)C(F)(F)F. The predicted octanol–water partition coefficient (Wildman–Crippen LogP) is 4.33. The number of rotatable bonds is 7. The topological polar surface area (TPSA) is 52.6 Å². The summed E-state index contributed by atoms with van der Waals surface area (Å²) in [6, 6.07) is 1.66. The molecule has 1 aromatic carbocycles. The van der Waals surface area contributed by atoms with E-state index in [2.05, 4.69) is 5.32 Å². The minimum absolute atomic E-state index is 0.0411. The zero-order chi connectivity index (χ0) is 25.9. The third-order valence-electron chi connectivity index (χ3n) is 6.09. The fourth-order valence-corrected chi connectivity index (χ4v) is 3.63. The third kappa shape index (κ3) is 7.07. The van der Waals surface area contributed by atoms with Crippen molar-refractivity contribution in [1.29, 1.82) is 0 Å². The van der Waals surface area contributed by atoms with Gasteiger partial charge in [0.1, 0.15) is 11.2 Å². The lowest BCUT2D eigenvalue weighted by atomic mass is 9.91. The van der Waals surface area contributed by atoms with E-state index in [4.69, 9.17) is 0 Å². The van der Waals surface area contributed by atoms with Crippen molar-refractivity contribution >= 4 is 11.8 Å². The number of carbonyl (C=O) groups excluding carboxylic acids is 2. The normalized spacial score (nSPS) is 16.4. The fourth-order valence-electron chi connectivity index (χ4n) is 3.63. The smallest absolute Gasteiger partial charge is 0.352 e. The molecule has 0 spiro atoms. The summed E-state index contributed by atoms with van der Waals surface area (Å²) in [5.74, 6) is -2.93. The number of hydrogen-bond donors (Lipinski definition) is 1. The lowest BCUT2D eigenvalue weighted by Crippen LogP contribution is -2.49. The summed E-state index contributed by atoms with van der Waals surface area (Å²) in [6.07, 6.45) is -8.14. The summed E-state index contributed by atoms with van der Waals surface area (Å²) in [7, 11) is 1.33. The molecule has 12 heteroatoms. The number of alkyl halides is 6. The van der Waals surface area contributed by atoms with Gasteiger partial charge in [-0.25, -0.2) is 4.39 Å². The van der Waals surface area contributed by atoms with Crippen LogP contribution >= 0.6 is 0 Å². The van der Waals surface area contributed by atoms with E-state index >= 15 is 0 Å². The van der Waals surface area contributed by atoms with Gasteiger partial charge in [0.05, 0.1) is 5.56 Å². The van der Waals surface area contributed by atoms with Gasteiger partial charge in [0.15, 0.2) is 0 Å². The molecule has 192 valence electrons. The molecule has 1 N–H and O–H groups in total. The number of hydrogen-bond acceptors (Lipinski definition) is 3. The van der Waals surface area contributed by atoms with Gasteiger partial charge in [-0.1, -0.05) is 0 Å². The average Bonchev–Trinajstić information content (AvgIpc) is 2.74. The van der Waals surface area contributed by atoms with Gasteiger partial charge >= 0.3 is 12.4 Å². The Bertz CT molecular complexity index is 876. The van der Waals surface area contributed by atoms with E-state index in [9.17, 15) is 40.3 Å². The van der Waals surface area contributed by atoms with Gasteiger partial charge in [0.2, 0.25) is 5.91 Å². The van der Waals surface area contributed by atoms with Crippen molar-refractivity contribution in [2.75, 3.05) is 39.8 Å². The van der Waals surface area contributed by atoms with Crippen molar-refractivity contribution in [3.8, 4) is 0 Å². The van der Waals surface area contributed by atoms with Crippen LogP contribution in [0.5, 0.6) is 0 Å². The second kappa shape index (κ2) is 10.5. The number of amides is 2. The molecule has 1 aliphatic rings. The first-order valence-electron chi connectivity index (χ1n) is 10.7. The van der Waals surface area contributed by atoms with E-state index in [1.165, 1.54) is 7.05 Å². The lowest BCUT2D eigenvalue weighted by molar-refractivity contribution is -0.216. The first-order valence-corrected chi connectivity index (χ1v) is 10.7. The van der Waals surface area contributed by atoms with Crippen LogP contribution in [0, 0.1) is 17.2 Å². The Labute approximate surface area is 193 Å². The van der Waals surface area contributed by atoms with E-state index in [-0.39, 0.29) is 19.0 Å². The summed E-state index contributed by atoms with van der Waals surface area (Å²) >= 11 is 0. The number of nitrogens with zero attached hydrogens (tertiary/aromatic N) is 2. The molecule has 2 rings (SSSR count). The Hall–Kier alpha value is -2.37. The van der Waals surface area contributed by atoms with Crippen LogP contribution in [-0.4, -0.2) is 67.6 Å².